The molecule has 0 aromatic heterocycles. The van der Waals surface area contributed by atoms with Gasteiger partial charge >= 0.3 is 5.97 Å². The van der Waals surface area contributed by atoms with E-state index in [4.69, 9.17) is 0 Å². The van der Waals surface area contributed by atoms with Crippen LogP contribution in [0.25, 0.3) is 0 Å². The van der Waals surface area contributed by atoms with E-state index >= 15 is 0 Å². The molecule has 0 bridgehead atoms. The van der Waals surface area contributed by atoms with Gasteiger partial charge in [-0.15, -0.1) is 0 Å². The lowest BCUT2D eigenvalue weighted by atomic mass is 9.91. The van der Waals surface area contributed by atoms with Gasteiger partial charge in [0, 0.05) is 6.54 Å². The Bertz CT molecular complexity index is 433. The molecule has 1 saturated heterocycles. The maximum absolute atomic E-state index is 11.5. The largest absolute Gasteiger partial charge is 0.467 e. The summed E-state index contributed by atoms with van der Waals surface area (Å²) >= 11 is 0. The number of carbonyl (C=O) groups excluding carboxylic acids is 1. The summed E-state index contributed by atoms with van der Waals surface area (Å²) in [7, 11) is 3.37. The van der Waals surface area contributed by atoms with Crippen LogP contribution in [-0.4, -0.2) is 43.2 Å². The first-order chi connectivity index (χ1) is 8.63. The molecule has 98 valence electrons. The molecule has 0 amide bonds. The van der Waals surface area contributed by atoms with Crippen molar-refractivity contribution in [3.63, 3.8) is 0 Å². The van der Waals surface area contributed by atoms with Crippen LogP contribution in [0.3, 0.4) is 0 Å². The molecule has 0 spiro atoms. The lowest BCUT2D eigenvalue weighted by molar-refractivity contribution is -0.150. The van der Waals surface area contributed by atoms with Crippen LogP contribution >= 0.6 is 0 Å². The van der Waals surface area contributed by atoms with E-state index in [1.165, 1.54) is 7.11 Å². The predicted molar refractivity (Wildman–Crippen MR) is 68.3 cm³/mol. The number of nitrogens with zero attached hydrogens (tertiary/aromatic N) is 1. The van der Waals surface area contributed by atoms with Crippen LogP contribution in [0.2, 0.25) is 0 Å². The topological polar surface area (TPSA) is 49.8 Å². The molecule has 0 saturated carbocycles. The van der Waals surface area contributed by atoms with E-state index in [0.29, 0.717) is 11.5 Å². The molecule has 1 heterocycles. The smallest absolute Gasteiger partial charge is 0.339 e. The summed E-state index contributed by atoms with van der Waals surface area (Å²) < 4.78 is 4.61. The molecule has 0 aliphatic carbocycles. The van der Waals surface area contributed by atoms with Crippen molar-refractivity contribution < 1.29 is 14.6 Å². The van der Waals surface area contributed by atoms with E-state index in [2.05, 4.69) is 16.7 Å². The third-order valence-corrected chi connectivity index (χ3v) is 3.55. The molecule has 1 aliphatic heterocycles. The Balaban J connectivity index is 2.28. The number of hydrogen-bond acceptors (Lipinski definition) is 4. The van der Waals surface area contributed by atoms with Gasteiger partial charge in [-0.3, -0.25) is 0 Å². The Labute approximate surface area is 107 Å². The fourth-order valence-corrected chi connectivity index (χ4v) is 2.56. The second-order valence-electron chi connectivity index (χ2n) is 4.80. The Morgan fingerprint density at radius 1 is 1.50 bits per heavy atom. The second kappa shape index (κ2) is 5.50. The highest BCUT2D eigenvalue weighted by Crippen LogP contribution is 2.31. The molecule has 4 heteroatoms. The van der Waals surface area contributed by atoms with E-state index in [-0.39, 0.29) is 0 Å². The van der Waals surface area contributed by atoms with Crippen molar-refractivity contribution in [1.29, 1.82) is 0 Å². The minimum absolute atomic E-state index is 0.380. The second-order valence-corrected chi connectivity index (χ2v) is 4.80. The monoisotopic (exact) mass is 249 g/mol. The van der Waals surface area contributed by atoms with Gasteiger partial charge in [0.05, 0.1) is 7.11 Å². The SMILES string of the molecule is COC(=O)C(O)c1ccccc1C1CCN(C)C1. The minimum Gasteiger partial charge on any atom is -0.467 e. The minimum atomic E-state index is -1.18. The molecule has 4 nitrogen and oxygen atoms in total. The summed E-state index contributed by atoms with van der Waals surface area (Å²) in [5.74, 6) is -0.223. The molecule has 1 aromatic rings. The highest BCUT2D eigenvalue weighted by atomic mass is 16.5. The van der Waals surface area contributed by atoms with Crippen molar-refractivity contribution in [3.05, 3.63) is 35.4 Å². The number of likely N-dealkylation sites (N-methyl/N-ethyl adjacent to an activating group) is 1. The van der Waals surface area contributed by atoms with Crippen LogP contribution in [0.5, 0.6) is 0 Å². The molecule has 2 atom stereocenters. The Morgan fingerprint density at radius 3 is 2.83 bits per heavy atom. The zero-order chi connectivity index (χ0) is 13.1. The number of esters is 1. The van der Waals surface area contributed by atoms with Gasteiger partial charge in [-0.25, -0.2) is 4.79 Å². The van der Waals surface area contributed by atoms with Gasteiger partial charge in [-0.05, 0) is 37.1 Å². The van der Waals surface area contributed by atoms with Gasteiger partial charge in [0.15, 0.2) is 6.10 Å². The van der Waals surface area contributed by atoms with Gasteiger partial charge in [0.25, 0.3) is 0 Å². The first-order valence-electron chi connectivity index (χ1n) is 6.16. The summed E-state index contributed by atoms with van der Waals surface area (Å²) in [6.07, 6.45) is -0.126. The summed E-state index contributed by atoms with van der Waals surface area (Å²) in [6, 6.07) is 7.57. The lowest BCUT2D eigenvalue weighted by Gasteiger charge is -2.18. The van der Waals surface area contributed by atoms with Crippen molar-refractivity contribution in [1.82, 2.24) is 4.90 Å². The van der Waals surface area contributed by atoms with E-state index in [1.54, 1.807) is 6.07 Å². The summed E-state index contributed by atoms with van der Waals surface area (Å²) in [6.45, 7) is 2.01. The van der Waals surface area contributed by atoms with Crippen LogP contribution in [-0.2, 0) is 9.53 Å². The first-order valence-corrected chi connectivity index (χ1v) is 6.16. The molecule has 18 heavy (non-hydrogen) atoms. The molecule has 1 fully saturated rings. The molecular formula is C14H19NO3. The van der Waals surface area contributed by atoms with Crippen LogP contribution in [0.15, 0.2) is 24.3 Å². The average molecular weight is 249 g/mol. The number of likely N-dealkylation sites (tertiary alicyclic amines) is 1. The van der Waals surface area contributed by atoms with Gasteiger partial charge < -0.3 is 14.7 Å². The van der Waals surface area contributed by atoms with Crippen LogP contribution in [0.4, 0.5) is 0 Å². The number of methoxy groups -OCH3 is 1. The summed E-state index contributed by atoms with van der Waals surface area (Å²) in [4.78, 5) is 13.7. The van der Waals surface area contributed by atoms with Crippen LogP contribution in [0, 0.1) is 0 Å². The highest BCUT2D eigenvalue weighted by Gasteiger charge is 2.27. The zero-order valence-electron chi connectivity index (χ0n) is 10.8. The summed E-state index contributed by atoms with van der Waals surface area (Å²) in [5.41, 5.74) is 1.73. The first kappa shape index (κ1) is 13.1. The molecule has 1 aliphatic rings. The molecule has 1 N–H and O–H groups in total. The maximum Gasteiger partial charge on any atom is 0.339 e. The van der Waals surface area contributed by atoms with Crippen molar-refractivity contribution >= 4 is 5.97 Å². The van der Waals surface area contributed by atoms with E-state index in [1.807, 2.05) is 18.2 Å². The number of benzene rings is 1. The Kier molecular flexibility index (Phi) is 3.99. The third-order valence-electron chi connectivity index (χ3n) is 3.55. The zero-order valence-corrected chi connectivity index (χ0v) is 10.8. The number of hydrogen-bond donors (Lipinski definition) is 1. The molecular weight excluding hydrogens is 230 g/mol. The van der Waals surface area contributed by atoms with Crippen LogP contribution < -0.4 is 0 Å². The molecule has 2 unspecified atom stereocenters. The number of aliphatic hydroxyl groups excluding tert-OH is 1. The normalized spacial score (nSPS) is 21.8. The Morgan fingerprint density at radius 2 is 2.22 bits per heavy atom. The van der Waals surface area contributed by atoms with E-state index < -0.39 is 12.1 Å². The van der Waals surface area contributed by atoms with Gasteiger partial charge in [0.2, 0.25) is 0 Å². The Hall–Kier alpha value is -1.39. The fraction of sp³-hybridized carbons (Fsp3) is 0.500. The number of aliphatic hydroxyl groups is 1. The van der Waals surface area contributed by atoms with Crippen molar-refractivity contribution in [2.45, 2.75) is 18.4 Å². The quantitative estimate of drug-likeness (QED) is 0.821. The lowest BCUT2D eigenvalue weighted by Crippen LogP contribution is -2.18. The standard InChI is InChI=1S/C14H19NO3/c1-15-8-7-10(9-15)11-5-3-4-6-12(11)13(16)14(17)18-2/h3-6,10,13,16H,7-9H2,1-2H3. The van der Waals surface area contributed by atoms with Crippen molar-refractivity contribution in [3.8, 4) is 0 Å². The third kappa shape index (κ3) is 2.54. The molecule has 1 aromatic carbocycles. The average Bonchev–Trinajstić information content (AvgIpc) is 2.83. The molecule has 2 rings (SSSR count). The predicted octanol–water partition coefficient (Wildman–Crippen LogP) is 1.31. The fourth-order valence-electron chi connectivity index (χ4n) is 2.56. The highest BCUT2D eigenvalue weighted by molar-refractivity contribution is 5.76. The summed E-state index contributed by atoms with van der Waals surface area (Å²) in [5, 5.41) is 10.0. The van der Waals surface area contributed by atoms with E-state index in [0.717, 1.165) is 25.1 Å². The van der Waals surface area contributed by atoms with Gasteiger partial charge in [0.1, 0.15) is 0 Å². The van der Waals surface area contributed by atoms with Gasteiger partial charge in [-0.2, -0.15) is 0 Å². The maximum atomic E-state index is 11.5. The molecule has 0 radical (unpaired) electrons. The number of ether oxygens (including phenoxy) is 1. The van der Waals surface area contributed by atoms with Gasteiger partial charge in [-0.1, -0.05) is 24.3 Å². The van der Waals surface area contributed by atoms with Crippen LogP contribution in [0.1, 0.15) is 29.6 Å². The number of rotatable bonds is 3. The van der Waals surface area contributed by atoms with Crippen molar-refractivity contribution in [2.24, 2.45) is 0 Å². The number of carbonyl (C=O) groups is 1. The van der Waals surface area contributed by atoms with E-state index in [9.17, 15) is 9.90 Å². The van der Waals surface area contributed by atoms with Crippen molar-refractivity contribution in [2.75, 3.05) is 27.2 Å².